The molecule has 0 aromatic carbocycles. The van der Waals surface area contributed by atoms with Gasteiger partial charge in [0.05, 0.1) is 0 Å². The number of carbonyl (C=O) groups is 1. The van der Waals surface area contributed by atoms with E-state index < -0.39 is 0 Å². The molecule has 0 aliphatic carbocycles. The molecule has 2 heterocycles. The molecule has 90 valence electrons. The van der Waals surface area contributed by atoms with Gasteiger partial charge in [-0.25, -0.2) is 0 Å². The van der Waals surface area contributed by atoms with Crippen molar-refractivity contribution in [3.8, 4) is 0 Å². The lowest BCUT2D eigenvalue weighted by molar-refractivity contribution is -0.125. The Morgan fingerprint density at radius 3 is 2.56 bits per heavy atom. The molecule has 4 nitrogen and oxygen atoms in total. The zero-order valence-corrected chi connectivity index (χ0v) is 9.77. The van der Waals surface area contributed by atoms with Gasteiger partial charge in [-0.05, 0) is 38.4 Å². The highest BCUT2D eigenvalue weighted by molar-refractivity contribution is 5.87. The predicted octanol–water partition coefficient (Wildman–Crippen LogP) is 0.196. The molecule has 2 fully saturated rings. The number of nitrogens with two attached hydrogens (primary N) is 1. The van der Waals surface area contributed by atoms with Crippen LogP contribution in [-0.2, 0) is 4.79 Å². The van der Waals surface area contributed by atoms with Crippen molar-refractivity contribution in [3.63, 3.8) is 0 Å². The number of carbonyl (C=O) groups excluding carboxylic acids is 1. The fourth-order valence-electron chi connectivity index (χ4n) is 2.65. The van der Waals surface area contributed by atoms with Crippen LogP contribution in [0.4, 0.5) is 0 Å². The second-order valence-electron chi connectivity index (χ2n) is 4.80. The minimum Gasteiger partial charge on any atom is -0.338 e. The summed E-state index contributed by atoms with van der Waals surface area (Å²) < 4.78 is 0. The maximum atomic E-state index is 11.5. The lowest BCUT2D eigenvalue weighted by atomic mass is 10.0. The molecule has 2 rings (SSSR count). The molecule has 0 spiro atoms. The molecule has 0 radical (unpaired) electrons. The third kappa shape index (κ3) is 2.44. The lowest BCUT2D eigenvalue weighted by Crippen LogP contribution is -2.46. The summed E-state index contributed by atoms with van der Waals surface area (Å²) >= 11 is 0. The van der Waals surface area contributed by atoms with Crippen molar-refractivity contribution in [2.24, 2.45) is 5.73 Å². The highest BCUT2D eigenvalue weighted by Gasteiger charge is 2.30. The van der Waals surface area contributed by atoms with Gasteiger partial charge in [0.1, 0.15) is 0 Å². The molecule has 1 amide bonds. The molecule has 2 N–H and O–H groups in total. The van der Waals surface area contributed by atoms with Crippen molar-refractivity contribution in [1.29, 1.82) is 0 Å². The van der Waals surface area contributed by atoms with Gasteiger partial charge in [-0.1, -0.05) is 6.58 Å². The molecule has 2 saturated heterocycles. The smallest absolute Gasteiger partial charge is 0.246 e. The molecule has 16 heavy (non-hydrogen) atoms. The lowest BCUT2D eigenvalue weighted by Gasteiger charge is -2.34. The van der Waals surface area contributed by atoms with Gasteiger partial charge < -0.3 is 10.6 Å². The average molecular weight is 223 g/mol. The van der Waals surface area contributed by atoms with E-state index >= 15 is 0 Å². The number of hydrogen-bond acceptors (Lipinski definition) is 3. The molecule has 1 atom stereocenters. The Balaban J connectivity index is 1.84. The van der Waals surface area contributed by atoms with Gasteiger partial charge in [0.15, 0.2) is 0 Å². The van der Waals surface area contributed by atoms with Crippen LogP contribution in [0.25, 0.3) is 0 Å². The highest BCUT2D eigenvalue weighted by Crippen LogP contribution is 2.19. The van der Waals surface area contributed by atoms with Crippen molar-refractivity contribution in [3.05, 3.63) is 12.7 Å². The molecular weight excluding hydrogens is 202 g/mol. The van der Waals surface area contributed by atoms with Gasteiger partial charge in [0, 0.05) is 25.2 Å². The van der Waals surface area contributed by atoms with E-state index in [0.717, 1.165) is 45.4 Å². The molecule has 0 bridgehead atoms. The molecule has 2 aliphatic heterocycles. The maximum absolute atomic E-state index is 11.5. The Labute approximate surface area is 97.1 Å². The summed E-state index contributed by atoms with van der Waals surface area (Å²) in [6, 6.07) is 0.917. The minimum atomic E-state index is 0.0659. The highest BCUT2D eigenvalue weighted by atomic mass is 16.2. The first kappa shape index (κ1) is 11.6. The van der Waals surface area contributed by atoms with Gasteiger partial charge >= 0.3 is 0 Å². The number of hydrogen-bond donors (Lipinski definition) is 1. The second-order valence-corrected chi connectivity index (χ2v) is 4.80. The zero-order chi connectivity index (χ0) is 11.5. The van der Waals surface area contributed by atoms with Gasteiger partial charge in [-0.2, -0.15) is 0 Å². The second kappa shape index (κ2) is 4.97. The van der Waals surface area contributed by atoms with Crippen molar-refractivity contribution < 1.29 is 4.79 Å². The van der Waals surface area contributed by atoms with Gasteiger partial charge in [0.25, 0.3) is 0 Å². The Bertz CT molecular complexity index is 271. The third-order valence-electron chi connectivity index (χ3n) is 3.74. The number of piperidine rings is 1. The van der Waals surface area contributed by atoms with E-state index in [9.17, 15) is 4.79 Å². The van der Waals surface area contributed by atoms with E-state index in [0.29, 0.717) is 12.1 Å². The quantitative estimate of drug-likeness (QED) is 0.680. The molecule has 0 aromatic rings. The first-order chi connectivity index (χ1) is 7.70. The summed E-state index contributed by atoms with van der Waals surface area (Å²) in [5.41, 5.74) is 5.89. The minimum absolute atomic E-state index is 0.0659. The number of likely N-dealkylation sites (tertiary alicyclic amines) is 2. The molecule has 0 saturated carbocycles. The Kier molecular flexibility index (Phi) is 3.61. The standard InChI is InChI=1S/C12H21N3O/c1-2-12(16)15-8-5-11(9-15)14-6-3-10(13)4-7-14/h2,10-11H,1,3-9,13H2. The van der Waals surface area contributed by atoms with Crippen LogP contribution in [0.2, 0.25) is 0 Å². The summed E-state index contributed by atoms with van der Waals surface area (Å²) in [4.78, 5) is 15.8. The molecule has 2 aliphatic rings. The number of amides is 1. The normalized spacial score (nSPS) is 28.3. The topological polar surface area (TPSA) is 49.6 Å². The van der Waals surface area contributed by atoms with Crippen LogP contribution in [0.1, 0.15) is 19.3 Å². The molecule has 4 heteroatoms. The predicted molar refractivity (Wildman–Crippen MR) is 64.0 cm³/mol. The van der Waals surface area contributed by atoms with Crippen molar-refractivity contribution in [2.75, 3.05) is 26.2 Å². The SMILES string of the molecule is C=CC(=O)N1CCC(N2CCC(N)CC2)C1. The van der Waals surface area contributed by atoms with Crippen molar-refractivity contribution in [2.45, 2.75) is 31.3 Å². The average Bonchev–Trinajstić information content (AvgIpc) is 2.78. The van der Waals surface area contributed by atoms with E-state index in [4.69, 9.17) is 5.73 Å². The van der Waals surface area contributed by atoms with E-state index in [1.807, 2.05) is 4.90 Å². The summed E-state index contributed by atoms with van der Waals surface area (Å²) in [5, 5.41) is 0. The summed E-state index contributed by atoms with van der Waals surface area (Å²) in [6.07, 6.45) is 4.68. The largest absolute Gasteiger partial charge is 0.338 e. The van der Waals surface area contributed by atoms with Crippen LogP contribution in [0.15, 0.2) is 12.7 Å². The first-order valence-electron chi connectivity index (χ1n) is 6.11. The summed E-state index contributed by atoms with van der Waals surface area (Å²) in [5.74, 6) is 0.0659. The third-order valence-corrected chi connectivity index (χ3v) is 3.74. The van der Waals surface area contributed by atoms with E-state index in [1.165, 1.54) is 6.08 Å². The molecular formula is C12H21N3O. The van der Waals surface area contributed by atoms with E-state index in [-0.39, 0.29) is 5.91 Å². The van der Waals surface area contributed by atoms with Crippen LogP contribution >= 0.6 is 0 Å². The summed E-state index contributed by atoms with van der Waals surface area (Å²) in [7, 11) is 0. The van der Waals surface area contributed by atoms with Gasteiger partial charge in [-0.3, -0.25) is 9.69 Å². The van der Waals surface area contributed by atoms with Crippen LogP contribution < -0.4 is 5.73 Å². The number of nitrogens with zero attached hydrogens (tertiary/aromatic N) is 2. The summed E-state index contributed by atoms with van der Waals surface area (Å²) in [6.45, 7) is 7.44. The Morgan fingerprint density at radius 1 is 1.25 bits per heavy atom. The van der Waals surface area contributed by atoms with Crippen LogP contribution in [0, 0.1) is 0 Å². The zero-order valence-electron chi connectivity index (χ0n) is 9.77. The van der Waals surface area contributed by atoms with E-state index in [1.54, 1.807) is 0 Å². The van der Waals surface area contributed by atoms with Gasteiger partial charge in [0.2, 0.25) is 5.91 Å². The van der Waals surface area contributed by atoms with Crippen molar-refractivity contribution >= 4 is 5.91 Å². The van der Waals surface area contributed by atoms with Crippen LogP contribution in [0.5, 0.6) is 0 Å². The van der Waals surface area contributed by atoms with Crippen LogP contribution in [0.3, 0.4) is 0 Å². The van der Waals surface area contributed by atoms with Gasteiger partial charge in [-0.15, -0.1) is 0 Å². The Hall–Kier alpha value is -0.870. The Morgan fingerprint density at radius 2 is 1.94 bits per heavy atom. The van der Waals surface area contributed by atoms with Crippen molar-refractivity contribution in [1.82, 2.24) is 9.80 Å². The van der Waals surface area contributed by atoms with E-state index in [2.05, 4.69) is 11.5 Å². The fraction of sp³-hybridized carbons (Fsp3) is 0.750. The molecule has 0 aromatic heterocycles. The first-order valence-corrected chi connectivity index (χ1v) is 6.11. The number of rotatable bonds is 2. The molecule has 1 unspecified atom stereocenters. The monoisotopic (exact) mass is 223 g/mol. The van der Waals surface area contributed by atoms with Crippen LogP contribution in [-0.4, -0.2) is 54.0 Å². The maximum Gasteiger partial charge on any atom is 0.246 e. The fourth-order valence-corrected chi connectivity index (χ4v) is 2.65.